The minimum Gasteiger partial charge on any atom is -0.395 e. The molecule has 0 fully saturated rings. The number of aliphatic hydroxyl groups excluding tert-OH is 1. The molecular weight excluding hydrogens is 188 g/mol. The third-order valence-electron chi connectivity index (χ3n) is 1.65. The maximum atomic E-state index is 11.2. The van der Waals surface area contributed by atoms with Gasteiger partial charge in [0.2, 0.25) is 0 Å². The van der Waals surface area contributed by atoms with E-state index in [2.05, 4.69) is 4.98 Å². The van der Waals surface area contributed by atoms with Gasteiger partial charge in [0.25, 0.3) is 5.56 Å². The summed E-state index contributed by atoms with van der Waals surface area (Å²) < 4.78 is 1.78. The lowest BCUT2D eigenvalue weighted by atomic mass is 10.4. The van der Waals surface area contributed by atoms with Crippen molar-refractivity contribution in [1.29, 1.82) is 0 Å². The van der Waals surface area contributed by atoms with Gasteiger partial charge < -0.3 is 9.67 Å². The van der Waals surface area contributed by atoms with Gasteiger partial charge in [0.15, 0.2) is 5.16 Å². The second kappa shape index (κ2) is 4.43. The van der Waals surface area contributed by atoms with Gasteiger partial charge in [-0.3, -0.25) is 4.79 Å². The highest BCUT2D eigenvalue weighted by molar-refractivity contribution is 7.98. The van der Waals surface area contributed by atoms with Crippen molar-refractivity contribution in [2.45, 2.75) is 18.6 Å². The second-order valence-corrected chi connectivity index (χ2v) is 3.41. The lowest BCUT2D eigenvalue weighted by molar-refractivity contribution is 0.269. The summed E-state index contributed by atoms with van der Waals surface area (Å²) in [5, 5.41) is 9.41. The zero-order chi connectivity index (χ0) is 9.84. The molecule has 0 atom stereocenters. The lowest BCUT2D eigenvalue weighted by Crippen LogP contribution is -2.18. The molecule has 5 heteroatoms. The normalized spacial score (nSPS) is 10.4. The van der Waals surface area contributed by atoms with E-state index in [4.69, 9.17) is 5.11 Å². The summed E-state index contributed by atoms with van der Waals surface area (Å²) in [6.07, 6.45) is 3.57. The van der Waals surface area contributed by atoms with Crippen molar-refractivity contribution in [2.24, 2.45) is 0 Å². The van der Waals surface area contributed by atoms with E-state index in [1.54, 1.807) is 17.7 Å². The van der Waals surface area contributed by atoms with Crippen LogP contribution in [0.3, 0.4) is 0 Å². The fourth-order valence-electron chi connectivity index (χ4n) is 1.01. The molecule has 0 aliphatic carbocycles. The summed E-state index contributed by atoms with van der Waals surface area (Å²) in [5.74, 6) is 0. The third-order valence-corrected chi connectivity index (χ3v) is 2.34. The standard InChI is InChI=1S/C8H12N2O2S/c1-6-5-10(3-4-11)8(13-2)9-7(6)12/h5,11H,3-4H2,1-2H3. The minimum atomic E-state index is -0.196. The Balaban J connectivity index is 3.16. The van der Waals surface area contributed by atoms with E-state index in [0.717, 1.165) is 0 Å². The van der Waals surface area contributed by atoms with E-state index in [1.165, 1.54) is 11.8 Å². The zero-order valence-electron chi connectivity index (χ0n) is 7.65. The fraction of sp³-hybridized carbons (Fsp3) is 0.500. The number of hydrogen-bond donors (Lipinski definition) is 1. The van der Waals surface area contributed by atoms with E-state index < -0.39 is 0 Å². The molecular formula is C8H12N2O2S. The molecule has 0 amide bonds. The molecule has 0 spiro atoms. The van der Waals surface area contributed by atoms with Gasteiger partial charge in [0, 0.05) is 18.3 Å². The van der Waals surface area contributed by atoms with Gasteiger partial charge >= 0.3 is 0 Å². The first-order chi connectivity index (χ1) is 6.19. The molecule has 4 nitrogen and oxygen atoms in total. The minimum absolute atomic E-state index is 0.0531. The molecule has 1 heterocycles. The highest BCUT2D eigenvalue weighted by Crippen LogP contribution is 2.09. The predicted molar refractivity (Wildman–Crippen MR) is 52.1 cm³/mol. The van der Waals surface area contributed by atoms with Crippen molar-refractivity contribution < 1.29 is 5.11 Å². The molecule has 72 valence electrons. The molecule has 0 aliphatic rings. The highest BCUT2D eigenvalue weighted by atomic mass is 32.2. The van der Waals surface area contributed by atoms with Crippen LogP contribution < -0.4 is 5.56 Å². The van der Waals surface area contributed by atoms with Gasteiger partial charge in [-0.15, -0.1) is 0 Å². The number of hydrogen-bond acceptors (Lipinski definition) is 4. The van der Waals surface area contributed by atoms with Gasteiger partial charge in [-0.2, -0.15) is 4.98 Å². The first kappa shape index (κ1) is 10.3. The third kappa shape index (κ3) is 2.32. The maximum Gasteiger partial charge on any atom is 0.276 e. The van der Waals surface area contributed by atoms with Crippen molar-refractivity contribution in [2.75, 3.05) is 12.9 Å². The summed E-state index contributed by atoms with van der Waals surface area (Å²) >= 11 is 1.40. The number of aryl methyl sites for hydroxylation is 1. The van der Waals surface area contributed by atoms with Crippen LogP contribution in [0.2, 0.25) is 0 Å². The molecule has 1 N–H and O–H groups in total. The molecule has 0 saturated heterocycles. The number of rotatable bonds is 3. The Hall–Kier alpha value is -0.810. The molecule has 1 aromatic rings. The molecule has 0 aliphatic heterocycles. The van der Waals surface area contributed by atoms with Crippen molar-refractivity contribution in [3.05, 3.63) is 22.1 Å². The van der Waals surface area contributed by atoms with E-state index >= 15 is 0 Å². The SMILES string of the molecule is CSc1nc(=O)c(C)cn1CCO. The Morgan fingerprint density at radius 2 is 2.38 bits per heavy atom. The topological polar surface area (TPSA) is 55.1 Å². The average molecular weight is 200 g/mol. The Bertz CT molecular complexity index is 348. The fourth-order valence-corrected chi connectivity index (χ4v) is 1.57. The van der Waals surface area contributed by atoms with Crippen LogP contribution in [-0.2, 0) is 6.54 Å². The average Bonchev–Trinajstić information content (AvgIpc) is 2.11. The van der Waals surface area contributed by atoms with Gasteiger partial charge in [0.1, 0.15) is 0 Å². The van der Waals surface area contributed by atoms with E-state index in [-0.39, 0.29) is 12.2 Å². The van der Waals surface area contributed by atoms with Gasteiger partial charge in [-0.05, 0) is 13.2 Å². The molecule has 1 rings (SSSR count). The van der Waals surface area contributed by atoms with Crippen LogP contribution in [0.1, 0.15) is 5.56 Å². The summed E-state index contributed by atoms with van der Waals surface area (Å²) in [7, 11) is 0. The summed E-state index contributed by atoms with van der Waals surface area (Å²) in [6.45, 7) is 2.25. The lowest BCUT2D eigenvalue weighted by Gasteiger charge is -2.08. The number of aromatic nitrogens is 2. The van der Waals surface area contributed by atoms with Crippen LogP contribution >= 0.6 is 11.8 Å². The molecule has 0 bridgehead atoms. The van der Waals surface area contributed by atoms with E-state index in [9.17, 15) is 4.79 Å². The Morgan fingerprint density at radius 1 is 1.69 bits per heavy atom. The maximum absolute atomic E-state index is 11.2. The largest absolute Gasteiger partial charge is 0.395 e. The van der Waals surface area contributed by atoms with Crippen molar-refractivity contribution in [3.8, 4) is 0 Å². The number of aliphatic hydroxyl groups is 1. The molecule has 0 radical (unpaired) electrons. The van der Waals surface area contributed by atoms with Crippen molar-refractivity contribution in [3.63, 3.8) is 0 Å². The molecule has 0 unspecified atom stereocenters. The van der Waals surface area contributed by atoms with Crippen LogP contribution in [0, 0.1) is 6.92 Å². The zero-order valence-corrected chi connectivity index (χ0v) is 8.47. The number of thioether (sulfide) groups is 1. The first-order valence-corrected chi connectivity index (χ1v) is 5.14. The monoisotopic (exact) mass is 200 g/mol. The first-order valence-electron chi connectivity index (χ1n) is 3.92. The Morgan fingerprint density at radius 3 is 2.92 bits per heavy atom. The van der Waals surface area contributed by atoms with E-state index in [0.29, 0.717) is 17.3 Å². The van der Waals surface area contributed by atoms with Gasteiger partial charge in [0.05, 0.1) is 6.61 Å². The molecule has 0 aromatic carbocycles. The molecule has 1 aromatic heterocycles. The smallest absolute Gasteiger partial charge is 0.276 e. The molecule has 0 saturated carbocycles. The van der Waals surface area contributed by atoms with Crippen LogP contribution in [0.5, 0.6) is 0 Å². The predicted octanol–water partition coefficient (Wildman–Crippen LogP) is 0.266. The van der Waals surface area contributed by atoms with Gasteiger partial charge in [-0.25, -0.2) is 0 Å². The van der Waals surface area contributed by atoms with Crippen LogP contribution in [0.15, 0.2) is 16.1 Å². The van der Waals surface area contributed by atoms with E-state index in [1.807, 2.05) is 6.26 Å². The Kier molecular flexibility index (Phi) is 3.50. The quantitative estimate of drug-likeness (QED) is 0.562. The second-order valence-electron chi connectivity index (χ2n) is 2.63. The molecule has 13 heavy (non-hydrogen) atoms. The van der Waals surface area contributed by atoms with Crippen LogP contribution in [-0.4, -0.2) is 27.5 Å². The highest BCUT2D eigenvalue weighted by Gasteiger charge is 2.03. The summed E-state index contributed by atoms with van der Waals surface area (Å²) in [5.41, 5.74) is 0.407. The summed E-state index contributed by atoms with van der Waals surface area (Å²) in [6, 6.07) is 0. The van der Waals surface area contributed by atoms with Crippen molar-refractivity contribution in [1.82, 2.24) is 9.55 Å². The summed E-state index contributed by atoms with van der Waals surface area (Å²) in [4.78, 5) is 15.0. The van der Waals surface area contributed by atoms with Gasteiger partial charge in [-0.1, -0.05) is 11.8 Å². The van der Waals surface area contributed by atoms with Crippen molar-refractivity contribution >= 4 is 11.8 Å². The Labute approximate surface area is 80.6 Å². The van der Waals surface area contributed by atoms with Crippen LogP contribution in [0.25, 0.3) is 0 Å². The number of nitrogens with zero attached hydrogens (tertiary/aromatic N) is 2. The van der Waals surface area contributed by atoms with Crippen LogP contribution in [0.4, 0.5) is 0 Å².